The smallest absolute Gasteiger partial charge is 0.242 e. The molecule has 2 heterocycles. The number of hydrogen-bond donors (Lipinski definition) is 1. The van der Waals surface area contributed by atoms with Gasteiger partial charge in [0.15, 0.2) is 0 Å². The summed E-state index contributed by atoms with van der Waals surface area (Å²) in [7, 11) is 0. The van der Waals surface area contributed by atoms with Crippen LogP contribution >= 0.6 is 12.4 Å². The number of halogens is 1. The first-order chi connectivity index (χ1) is 11.5. The second-order valence-corrected chi connectivity index (χ2v) is 7.13. The molecule has 1 aliphatic heterocycles. The van der Waals surface area contributed by atoms with Crippen LogP contribution < -0.4 is 10.6 Å². The third-order valence-electron chi connectivity index (χ3n) is 4.99. The fraction of sp³-hybridized carbons (Fsp3) is 0.684. The molecule has 2 rings (SSSR count). The number of carbonyl (C=O) groups is 1. The Kier molecular flexibility index (Phi) is 8.66. The number of likely N-dealkylation sites (N-methyl/N-ethyl adjacent to an activating group) is 1. The molecule has 0 aliphatic carbocycles. The second-order valence-electron chi connectivity index (χ2n) is 7.13. The Labute approximate surface area is 158 Å². The summed E-state index contributed by atoms with van der Waals surface area (Å²) in [5.74, 6) is 1.70. The molecule has 0 bridgehead atoms. The van der Waals surface area contributed by atoms with E-state index < -0.39 is 5.54 Å². The van der Waals surface area contributed by atoms with E-state index in [9.17, 15) is 4.79 Å². The van der Waals surface area contributed by atoms with Gasteiger partial charge in [-0.3, -0.25) is 4.79 Å². The Morgan fingerprint density at radius 1 is 1.36 bits per heavy atom. The van der Waals surface area contributed by atoms with Gasteiger partial charge in [-0.1, -0.05) is 19.4 Å². The van der Waals surface area contributed by atoms with Gasteiger partial charge in [0, 0.05) is 32.4 Å². The van der Waals surface area contributed by atoms with Crippen molar-refractivity contribution in [3.63, 3.8) is 0 Å². The van der Waals surface area contributed by atoms with Crippen LogP contribution in [0.2, 0.25) is 0 Å². The molecular formula is C19H33ClN4O. The quantitative estimate of drug-likeness (QED) is 0.803. The van der Waals surface area contributed by atoms with Crippen LogP contribution in [0.3, 0.4) is 0 Å². The van der Waals surface area contributed by atoms with Crippen molar-refractivity contribution in [3.05, 3.63) is 24.4 Å². The standard InChI is InChI=1S/C19H32N4O.ClH/c1-4-11-19(3,20)18(24)22(5-2)15-16-9-13-23(14-10-16)17-8-6-7-12-21-17;/h6-8,12,16H,4-5,9-11,13-15,20H2,1-3H3;1H. The molecule has 2 N–H and O–H groups in total. The average Bonchev–Trinajstić information content (AvgIpc) is 2.60. The fourth-order valence-electron chi connectivity index (χ4n) is 3.54. The molecule has 142 valence electrons. The van der Waals surface area contributed by atoms with Crippen molar-refractivity contribution in [2.45, 2.75) is 52.0 Å². The molecule has 1 saturated heterocycles. The van der Waals surface area contributed by atoms with E-state index in [1.165, 1.54) is 0 Å². The Morgan fingerprint density at radius 3 is 2.56 bits per heavy atom. The van der Waals surface area contributed by atoms with E-state index in [0.29, 0.717) is 5.92 Å². The summed E-state index contributed by atoms with van der Waals surface area (Å²) in [5.41, 5.74) is 5.51. The highest BCUT2D eigenvalue weighted by molar-refractivity contribution is 5.85. The number of amides is 1. The number of nitrogens with two attached hydrogens (primary N) is 1. The molecule has 0 radical (unpaired) electrons. The van der Waals surface area contributed by atoms with Crippen LogP contribution in [-0.2, 0) is 4.79 Å². The van der Waals surface area contributed by atoms with E-state index in [2.05, 4.69) is 22.9 Å². The topological polar surface area (TPSA) is 62.5 Å². The number of hydrogen-bond acceptors (Lipinski definition) is 4. The highest BCUT2D eigenvalue weighted by Gasteiger charge is 2.32. The van der Waals surface area contributed by atoms with E-state index in [-0.39, 0.29) is 18.3 Å². The number of piperidine rings is 1. The van der Waals surface area contributed by atoms with Crippen LogP contribution in [0.4, 0.5) is 5.82 Å². The monoisotopic (exact) mass is 368 g/mol. The van der Waals surface area contributed by atoms with E-state index in [0.717, 1.165) is 57.7 Å². The van der Waals surface area contributed by atoms with Crippen LogP contribution in [0, 0.1) is 5.92 Å². The molecule has 1 amide bonds. The molecular weight excluding hydrogens is 336 g/mol. The zero-order valence-electron chi connectivity index (χ0n) is 15.8. The van der Waals surface area contributed by atoms with Gasteiger partial charge in [-0.15, -0.1) is 12.4 Å². The summed E-state index contributed by atoms with van der Waals surface area (Å²) in [5, 5.41) is 0. The van der Waals surface area contributed by atoms with Gasteiger partial charge in [0.05, 0.1) is 5.54 Å². The molecule has 1 atom stereocenters. The molecule has 6 heteroatoms. The summed E-state index contributed by atoms with van der Waals surface area (Å²) in [4.78, 5) is 21.4. The van der Waals surface area contributed by atoms with Gasteiger partial charge in [0.25, 0.3) is 0 Å². The molecule has 0 aromatic carbocycles. The largest absolute Gasteiger partial charge is 0.357 e. The van der Waals surface area contributed by atoms with Crippen molar-refractivity contribution in [2.75, 3.05) is 31.1 Å². The van der Waals surface area contributed by atoms with Crippen LogP contribution in [0.1, 0.15) is 46.5 Å². The molecule has 5 nitrogen and oxygen atoms in total. The number of rotatable bonds is 7. The Morgan fingerprint density at radius 2 is 2.04 bits per heavy atom. The number of nitrogens with zero attached hydrogens (tertiary/aromatic N) is 3. The lowest BCUT2D eigenvalue weighted by Crippen LogP contribution is -2.54. The van der Waals surface area contributed by atoms with Crippen molar-refractivity contribution < 1.29 is 4.79 Å². The SMILES string of the molecule is CCCC(C)(N)C(=O)N(CC)CC1CCN(c2ccccn2)CC1.Cl. The van der Waals surface area contributed by atoms with Gasteiger partial charge in [0.1, 0.15) is 5.82 Å². The molecule has 0 spiro atoms. The normalized spacial score (nSPS) is 17.5. The van der Waals surface area contributed by atoms with Crippen molar-refractivity contribution in [3.8, 4) is 0 Å². The van der Waals surface area contributed by atoms with Crippen LogP contribution in [0.25, 0.3) is 0 Å². The molecule has 1 unspecified atom stereocenters. The first-order valence-corrected chi connectivity index (χ1v) is 9.22. The van der Waals surface area contributed by atoms with Gasteiger partial charge in [0.2, 0.25) is 5.91 Å². The molecule has 1 aromatic heterocycles. The number of pyridine rings is 1. The zero-order chi connectivity index (χ0) is 17.6. The third-order valence-corrected chi connectivity index (χ3v) is 4.99. The molecule has 1 fully saturated rings. The average molecular weight is 369 g/mol. The van der Waals surface area contributed by atoms with E-state index in [1.807, 2.05) is 37.1 Å². The van der Waals surface area contributed by atoms with Crippen molar-refractivity contribution in [1.29, 1.82) is 0 Å². The lowest BCUT2D eigenvalue weighted by Gasteiger charge is -2.37. The van der Waals surface area contributed by atoms with Crippen molar-refractivity contribution in [1.82, 2.24) is 9.88 Å². The van der Waals surface area contributed by atoms with E-state index in [4.69, 9.17) is 5.73 Å². The summed E-state index contributed by atoms with van der Waals surface area (Å²) in [6.45, 7) is 9.54. The maximum Gasteiger partial charge on any atom is 0.242 e. The highest BCUT2D eigenvalue weighted by Crippen LogP contribution is 2.23. The van der Waals surface area contributed by atoms with Gasteiger partial charge in [-0.25, -0.2) is 4.98 Å². The van der Waals surface area contributed by atoms with Crippen molar-refractivity contribution in [2.24, 2.45) is 11.7 Å². The zero-order valence-corrected chi connectivity index (χ0v) is 16.6. The summed E-state index contributed by atoms with van der Waals surface area (Å²) >= 11 is 0. The fourth-order valence-corrected chi connectivity index (χ4v) is 3.54. The Balaban J connectivity index is 0.00000312. The minimum absolute atomic E-state index is 0. The number of carbonyl (C=O) groups excluding carboxylic acids is 1. The molecule has 25 heavy (non-hydrogen) atoms. The Bertz CT molecular complexity index is 515. The molecule has 1 aliphatic rings. The van der Waals surface area contributed by atoms with Crippen LogP contribution in [0.15, 0.2) is 24.4 Å². The van der Waals surface area contributed by atoms with Gasteiger partial charge in [-0.2, -0.15) is 0 Å². The molecule has 0 saturated carbocycles. The summed E-state index contributed by atoms with van der Waals surface area (Å²) < 4.78 is 0. The van der Waals surface area contributed by atoms with Crippen molar-refractivity contribution >= 4 is 24.1 Å². The first kappa shape index (κ1) is 21.7. The third kappa shape index (κ3) is 5.86. The Hall–Kier alpha value is -1.33. The van der Waals surface area contributed by atoms with Gasteiger partial charge in [-0.05, 0) is 51.2 Å². The highest BCUT2D eigenvalue weighted by atomic mass is 35.5. The second kappa shape index (κ2) is 9.97. The maximum atomic E-state index is 12.7. The van der Waals surface area contributed by atoms with E-state index in [1.54, 1.807) is 0 Å². The molecule has 1 aromatic rings. The minimum atomic E-state index is -0.737. The summed E-state index contributed by atoms with van der Waals surface area (Å²) in [6.07, 6.45) is 5.69. The van der Waals surface area contributed by atoms with Gasteiger partial charge >= 0.3 is 0 Å². The van der Waals surface area contributed by atoms with Crippen LogP contribution in [0.5, 0.6) is 0 Å². The number of anilines is 1. The minimum Gasteiger partial charge on any atom is -0.357 e. The predicted molar refractivity (Wildman–Crippen MR) is 106 cm³/mol. The first-order valence-electron chi connectivity index (χ1n) is 9.22. The lowest BCUT2D eigenvalue weighted by molar-refractivity contribution is -0.137. The number of aromatic nitrogens is 1. The maximum absolute atomic E-state index is 12.7. The van der Waals surface area contributed by atoms with Gasteiger partial charge < -0.3 is 15.5 Å². The van der Waals surface area contributed by atoms with E-state index >= 15 is 0 Å². The lowest BCUT2D eigenvalue weighted by atomic mass is 9.92. The predicted octanol–water partition coefficient (Wildman–Crippen LogP) is 3.09. The van der Waals surface area contributed by atoms with Crippen LogP contribution in [-0.4, -0.2) is 47.5 Å². The summed E-state index contributed by atoms with van der Waals surface area (Å²) in [6, 6.07) is 6.04.